The van der Waals surface area contributed by atoms with E-state index in [1.165, 1.54) is 49.0 Å². The minimum atomic E-state index is 0.648. The van der Waals surface area contributed by atoms with Crippen molar-refractivity contribution in [2.75, 3.05) is 13.1 Å². The van der Waals surface area contributed by atoms with E-state index in [-0.39, 0.29) is 0 Å². The summed E-state index contributed by atoms with van der Waals surface area (Å²) in [6.07, 6.45) is 4.39. The van der Waals surface area contributed by atoms with Gasteiger partial charge in [-0.2, -0.15) is 0 Å². The first-order chi connectivity index (χ1) is 8.76. The lowest BCUT2D eigenvalue weighted by molar-refractivity contribution is 0.303. The Hall–Kier alpha value is -0.860. The second-order valence-corrected chi connectivity index (χ2v) is 6.11. The van der Waals surface area contributed by atoms with Gasteiger partial charge in [0.05, 0.1) is 0 Å². The van der Waals surface area contributed by atoms with E-state index in [4.69, 9.17) is 5.73 Å². The summed E-state index contributed by atoms with van der Waals surface area (Å²) in [7, 11) is 0. The molecule has 18 heavy (non-hydrogen) atoms. The number of benzene rings is 1. The quantitative estimate of drug-likeness (QED) is 0.886. The fourth-order valence-electron chi connectivity index (χ4n) is 3.76. The molecule has 0 amide bonds. The van der Waals surface area contributed by atoms with E-state index < -0.39 is 0 Å². The Kier molecular flexibility index (Phi) is 3.40. The minimum absolute atomic E-state index is 0.648. The Bertz CT molecular complexity index is 415. The maximum absolute atomic E-state index is 5.68. The van der Waals surface area contributed by atoms with Crippen LogP contribution in [0.3, 0.4) is 0 Å². The Morgan fingerprint density at radius 3 is 2.56 bits per heavy atom. The average molecular weight is 244 g/mol. The lowest BCUT2D eigenvalue weighted by Gasteiger charge is -2.18. The van der Waals surface area contributed by atoms with Crippen LogP contribution < -0.4 is 5.73 Å². The smallest absolute Gasteiger partial charge is 0.0236 e. The molecule has 2 unspecified atom stereocenters. The van der Waals surface area contributed by atoms with Crippen molar-refractivity contribution in [1.82, 2.24) is 4.90 Å². The standard InChI is InChI=1S/C16H24N2/c1-12-7-13(8-17)5-6-14(12)9-18-10-15-3-2-4-16(15)11-18/h5-7,15-16H,2-4,8-11,17H2,1H3. The molecule has 1 aromatic rings. The first kappa shape index (κ1) is 12.2. The normalized spacial score (nSPS) is 27.7. The molecule has 2 aliphatic rings. The van der Waals surface area contributed by atoms with Crippen LogP contribution in [0.15, 0.2) is 18.2 Å². The van der Waals surface area contributed by atoms with Crippen molar-refractivity contribution in [1.29, 1.82) is 0 Å². The molecule has 1 aliphatic heterocycles. The van der Waals surface area contributed by atoms with E-state index in [9.17, 15) is 0 Å². The third-order valence-electron chi connectivity index (χ3n) is 4.84. The van der Waals surface area contributed by atoms with Crippen LogP contribution in [0.2, 0.25) is 0 Å². The first-order valence-electron chi connectivity index (χ1n) is 7.27. The summed E-state index contributed by atoms with van der Waals surface area (Å²) in [4.78, 5) is 2.65. The highest BCUT2D eigenvalue weighted by Gasteiger charge is 2.35. The number of fused-ring (bicyclic) bond motifs is 1. The van der Waals surface area contributed by atoms with Crippen LogP contribution in [0, 0.1) is 18.8 Å². The van der Waals surface area contributed by atoms with Gasteiger partial charge in [0.2, 0.25) is 0 Å². The van der Waals surface area contributed by atoms with Crippen molar-refractivity contribution < 1.29 is 0 Å². The summed E-state index contributed by atoms with van der Waals surface area (Å²) in [6, 6.07) is 6.69. The van der Waals surface area contributed by atoms with E-state index in [0.717, 1.165) is 18.4 Å². The highest BCUT2D eigenvalue weighted by Crippen LogP contribution is 2.38. The summed E-state index contributed by atoms with van der Waals surface area (Å²) in [5.74, 6) is 1.99. The molecule has 1 aromatic carbocycles. The van der Waals surface area contributed by atoms with Crippen LogP contribution in [0.25, 0.3) is 0 Å². The Morgan fingerprint density at radius 2 is 1.94 bits per heavy atom. The highest BCUT2D eigenvalue weighted by molar-refractivity contribution is 5.31. The third-order valence-corrected chi connectivity index (χ3v) is 4.84. The summed E-state index contributed by atoms with van der Waals surface area (Å²) >= 11 is 0. The fourth-order valence-corrected chi connectivity index (χ4v) is 3.76. The molecule has 0 bridgehead atoms. The molecule has 3 rings (SSSR count). The number of aryl methyl sites for hydroxylation is 1. The molecular formula is C16H24N2. The van der Waals surface area contributed by atoms with Gasteiger partial charge in [0.15, 0.2) is 0 Å². The molecule has 0 spiro atoms. The summed E-state index contributed by atoms with van der Waals surface area (Å²) in [5, 5.41) is 0. The molecule has 2 N–H and O–H groups in total. The van der Waals surface area contributed by atoms with Crippen LogP contribution in [-0.2, 0) is 13.1 Å². The second kappa shape index (κ2) is 5.02. The van der Waals surface area contributed by atoms with Gasteiger partial charge in [-0.05, 0) is 48.3 Å². The molecule has 2 nitrogen and oxygen atoms in total. The predicted molar refractivity (Wildman–Crippen MR) is 75.2 cm³/mol. The number of nitrogens with zero attached hydrogens (tertiary/aromatic N) is 1. The molecule has 2 heteroatoms. The summed E-state index contributed by atoms with van der Waals surface area (Å²) < 4.78 is 0. The summed E-state index contributed by atoms with van der Waals surface area (Å²) in [6.45, 7) is 6.63. The van der Waals surface area contributed by atoms with Crippen molar-refractivity contribution in [2.45, 2.75) is 39.3 Å². The minimum Gasteiger partial charge on any atom is -0.326 e. The zero-order valence-electron chi connectivity index (χ0n) is 11.4. The molecule has 0 aromatic heterocycles. The Labute approximate surface area is 110 Å². The average Bonchev–Trinajstić information content (AvgIpc) is 2.92. The topological polar surface area (TPSA) is 29.3 Å². The van der Waals surface area contributed by atoms with E-state index >= 15 is 0 Å². The van der Waals surface area contributed by atoms with Crippen molar-refractivity contribution >= 4 is 0 Å². The van der Waals surface area contributed by atoms with Crippen LogP contribution in [0.4, 0.5) is 0 Å². The highest BCUT2D eigenvalue weighted by atomic mass is 15.2. The fraction of sp³-hybridized carbons (Fsp3) is 0.625. The lowest BCUT2D eigenvalue weighted by Crippen LogP contribution is -2.21. The van der Waals surface area contributed by atoms with Gasteiger partial charge in [0.25, 0.3) is 0 Å². The number of rotatable bonds is 3. The Morgan fingerprint density at radius 1 is 1.22 bits per heavy atom. The third kappa shape index (κ3) is 2.32. The number of likely N-dealkylation sites (tertiary alicyclic amines) is 1. The maximum atomic E-state index is 5.68. The van der Waals surface area contributed by atoms with Gasteiger partial charge in [-0.3, -0.25) is 4.90 Å². The maximum Gasteiger partial charge on any atom is 0.0236 e. The lowest BCUT2D eigenvalue weighted by atomic mass is 10.0. The van der Waals surface area contributed by atoms with Gasteiger partial charge in [0.1, 0.15) is 0 Å². The molecule has 1 heterocycles. The molecule has 2 atom stereocenters. The first-order valence-corrected chi connectivity index (χ1v) is 7.27. The van der Waals surface area contributed by atoms with Crippen molar-refractivity contribution in [3.8, 4) is 0 Å². The molecular weight excluding hydrogens is 220 g/mol. The monoisotopic (exact) mass is 244 g/mol. The second-order valence-electron chi connectivity index (χ2n) is 6.11. The SMILES string of the molecule is Cc1cc(CN)ccc1CN1CC2CCCC2C1. The zero-order chi connectivity index (χ0) is 12.5. The van der Waals surface area contributed by atoms with Crippen LogP contribution >= 0.6 is 0 Å². The van der Waals surface area contributed by atoms with E-state index in [1.807, 2.05) is 0 Å². The van der Waals surface area contributed by atoms with Crippen molar-refractivity contribution in [3.63, 3.8) is 0 Å². The van der Waals surface area contributed by atoms with Crippen molar-refractivity contribution in [2.24, 2.45) is 17.6 Å². The van der Waals surface area contributed by atoms with Crippen LogP contribution in [-0.4, -0.2) is 18.0 Å². The molecule has 1 saturated heterocycles. The number of hydrogen-bond donors (Lipinski definition) is 1. The molecule has 0 radical (unpaired) electrons. The van der Waals surface area contributed by atoms with Gasteiger partial charge in [0, 0.05) is 26.2 Å². The number of hydrogen-bond acceptors (Lipinski definition) is 2. The van der Waals surface area contributed by atoms with Gasteiger partial charge in [-0.25, -0.2) is 0 Å². The van der Waals surface area contributed by atoms with E-state index in [0.29, 0.717) is 6.54 Å². The molecule has 1 aliphatic carbocycles. The van der Waals surface area contributed by atoms with E-state index in [2.05, 4.69) is 30.0 Å². The predicted octanol–water partition coefficient (Wildman–Crippen LogP) is 2.69. The molecule has 98 valence electrons. The van der Waals surface area contributed by atoms with Crippen molar-refractivity contribution in [3.05, 3.63) is 34.9 Å². The largest absolute Gasteiger partial charge is 0.326 e. The summed E-state index contributed by atoms with van der Waals surface area (Å²) in [5.41, 5.74) is 9.81. The molecule has 1 saturated carbocycles. The molecule has 2 fully saturated rings. The number of nitrogens with two attached hydrogens (primary N) is 1. The van der Waals surface area contributed by atoms with Gasteiger partial charge >= 0.3 is 0 Å². The zero-order valence-corrected chi connectivity index (χ0v) is 11.4. The van der Waals surface area contributed by atoms with Gasteiger partial charge in [-0.1, -0.05) is 24.6 Å². The van der Waals surface area contributed by atoms with Crippen LogP contribution in [0.1, 0.15) is 36.0 Å². The van der Waals surface area contributed by atoms with E-state index in [1.54, 1.807) is 0 Å². The van der Waals surface area contributed by atoms with Gasteiger partial charge < -0.3 is 5.73 Å². The van der Waals surface area contributed by atoms with Crippen LogP contribution in [0.5, 0.6) is 0 Å². The van der Waals surface area contributed by atoms with Gasteiger partial charge in [-0.15, -0.1) is 0 Å². The Balaban J connectivity index is 1.66.